The molecule has 0 aromatic carbocycles. The van der Waals surface area contributed by atoms with Gasteiger partial charge in [-0.3, -0.25) is 0 Å². The molecule has 2 N–H and O–H groups in total. The zero-order valence-corrected chi connectivity index (χ0v) is 13.1. The highest BCUT2D eigenvalue weighted by atomic mass is 16.6. The lowest BCUT2D eigenvalue weighted by Gasteiger charge is -2.60. The van der Waals surface area contributed by atoms with Gasteiger partial charge in [0.2, 0.25) is 0 Å². The maximum Gasteiger partial charge on any atom is 0.335 e. The van der Waals surface area contributed by atoms with Crippen molar-refractivity contribution >= 4 is 11.9 Å². The van der Waals surface area contributed by atoms with Crippen LogP contribution in [0.1, 0.15) is 52.4 Å². The number of aliphatic hydroxyl groups is 2. The maximum atomic E-state index is 11.8. The molecule has 0 aromatic heterocycles. The molecule has 22 heavy (non-hydrogen) atoms. The highest BCUT2D eigenvalue weighted by Gasteiger charge is 2.61. The molecule has 4 bridgehead atoms. The van der Waals surface area contributed by atoms with Gasteiger partial charge < -0.3 is 19.7 Å². The van der Waals surface area contributed by atoms with Gasteiger partial charge in [-0.2, -0.15) is 0 Å². The SMILES string of the molecule is CC(O)C(=O)OC12CC3CC(C1)CC(OC(=O)C(C)O)(C3)C2. The average molecular weight is 312 g/mol. The Morgan fingerprint density at radius 2 is 1.27 bits per heavy atom. The number of carbonyl (C=O) groups is 2. The molecule has 0 heterocycles. The second-order valence-corrected chi connectivity index (χ2v) is 7.52. The van der Waals surface area contributed by atoms with Crippen molar-refractivity contribution in [2.24, 2.45) is 11.8 Å². The molecule has 124 valence electrons. The Hall–Kier alpha value is -1.14. The van der Waals surface area contributed by atoms with Gasteiger partial charge in [-0.1, -0.05) is 0 Å². The third-order valence-electron chi connectivity index (χ3n) is 5.27. The van der Waals surface area contributed by atoms with E-state index in [0.717, 1.165) is 32.1 Å². The molecule has 0 aromatic rings. The third-order valence-corrected chi connectivity index (χ3v) is 5.27. The lowest BCUT2D eigenvalue weighted by molar-refractivity contribution is -0.237. The highest BCUT2D eigenvalue weighted by molar-refractivity contribution is 5.75. The minimum Gasteiger partial charge on any atom is -0.457 e. The molecule has 4 rings (SSSR count). The summed E-state index contributed by atoms with van der Waals surface area (Å²) in [6.45, 7) is 2.79. The summed E-state index contributed by atoms with van der Waals surface area (Å²) in [5, 5.41) is 18.8. The van der Waals surface area contributed by atoms with Crippen LogP contribution in [0.4, 0.5) is 0 Å². The van der Waals surface area contributed by atoms with Gasteiger partial charge in [-0.05, 0) is 57.8 Å². The fourth-order valence-corrected chi connectivity index (χ4v) is 4.93. The van der Waals surface area contributed by atoms with Gasteiger partial charge in [0.25, 0.3) is 0 Å². The average Bonchev–Trinajstić information content (AvgIpc) is 2.35. The molecule has 0 saturated heterocycles. The Kier molecular flexibility index (Phi) is 3.72. The van der Waals surface area contributed by atoms with Gasteiger partial charge in [0, 0.05) is 6.42 Å². The summed E-state index contributed by atoms with van der Waals surface area (Å²) in [5.41, 5.74) is -1.26. The Labute approximate surface area is 129 Å². The molecule has 4 aliphatic rings. The van der Waals surface area contributed by atoms with Crippen LogP contribution in [-0.2, 0) is 19.1 Å². The van der Waals surface area contributed by atoms with Crippen molar-refractivity contribution in [3.8, 4) is 0 Å². The van der Waals surface area contributed by atoms with Crippen molar-refractivity contribution in [2.45, 2.75) is 75.8 Å². The molecular weight excluding hydrogens is 288 g/mol. The number of aliphatic hydroxyl groups excluding tert-OH is 2. The summed E-state index contributed by atoms with van der Waals surface area (Å²) in [6, 6.07) is 0. The molecule has 0 amide bonds. The summed E-state index contributed by atoms with van der Waals surface area (Å²) in [4.78, 5) is 23.7. The van der Waals surface area contributed by atoms with Crippen molar-refractivity contribution in [3.63, 3.8) is 0 Å². The Bertz CT molecular complexity index is 429. The van der Waals surface area contributed by atoms with Gasteiger partial charge >= 0.3 is 11.9 Å². The Balaban J connectivity index is 1.80. The molecular formula is C16H24O6. The van der Waals surface area contributed by atoms with Crippen LogP contribution >= 0.6 is 0 Å². The first-order valence-electron chi connectivity index (χ1n) is 8.04. The minimum atomic E-state index is -1.15. The van der Waals surface area contributed by atoms with E-state index in [0.29, 0.717) is 18.3 Å². The van der Waals surface area contributed by atoms with Crippen LogP contribution in [-0.4, -0.2) is 45.6 Å². The Morgan fingerprint density at radius 3 is 1.59 bits per heavy atom. The van der Waals surface area contributed by atoms with Crippen molar-refractivity contribution < 1.29 is 29.3 Å². The number of rotatable bonds is 4. The topological polar surface area (TPSA) is 93.1 Å². The standard InChI is InChI=1S/C16H24O6/c1-9(17)13(19)21-15-4-11-3-12(5-15)7-16(6-11,8-15)22-14(20)10(2)18/h9-12,17-18H,3-8H2,1-2H3. The van der Waals surface area contributed by atoms with Crippen LogP contribution in [0, 0.1) is 11.8 Å². The summed E-state index contributed by atoms with van der Waals surface area (Å²) >= 11 is 0. The predicted octanol–water partition coefficient (Wildman–Crippen LogP) is 0.926. The molecule has 4 fully saturated rings. The number of hydrogen-bond acceptors (Lipinski definition) is 6. The van der Waals surface area contributed by atoms with Crippen molar-refractivity contribution in [1.29, 1.82) is 0 Å². The molecule has 4 aliphatic carbocycles. The summed E-state index contributed by atoms with van der Waals surface area (Å²) in [7, 11) is 0. The highest BCUT2D eigenvalue weighted by Crippen LogP contribution is 2.60. The van der Waals surface area contributed by atoms with Crippen LogP contribution in [0.3, 0.4) is 0 Å². The molecule has 6 nitrogen and oxygen atoms in total. The van der Waals surface area contributed by atoms with Crippen molar-refractivity contribution in [1.82, 2.24) is 0 Å². The fraction of sp³-hybridized carbons (Fsp3) is 0.875. The van der Waals surface area contributed by atoms with E-state index in [1.54, 1.807) is 0 Å². The van der Waals surface area contributed by atoms with E-state index in [-0.39, 0.29) is 0 Å². The monoisotopic (exact) mass is 312 g/mol. The largest absolute Gasteiger partial charge is 0.457 e. The number of hydrogen-bond donors (Lipinski definition) is 2. The smallest absolute Gasteiger partial charge is 0.335 e. The van der Waals surface area contributed by atoms with E-state index in [1.807, 2.05) is 0 Å². The van der Waals surface area contributed by atoms with E-state index in [4.69, 9.17) is 9.47 Å². The summed E-state index contributed by atoms with van der Waals surface area (Å²) in [6.07, 6.45) is 2.34. The van der Waals surface area contributed by atoms with Crippen LogP contribution in [0.15, 0.2) is 0 Å². The first kappa shape index (κ1) is 15.7. The summed E-state index contributed by atoms with van der Waals surface area (Å²) in [5.74, 6) is -0.493. The van der Waals surface area contributed by atoms with Gasteiger partial charge in [0.05, 0.1) is 0 Å². The molecule has 6 heteroatoms. The molecule has 2 atom stereocenters. The van der Waals surface area contributed by atoms with Crippen LogP contribution < -0.4 is 0 Å². The molecule has 0 spiro atoms. The zero-order chi connectivity index (χ0) is 16.1. The normalized spacial score (nSPS) is 41.8. The van der Waals surface area contributed by atoms with Crippen molar-refractivity contribution in [2.75, 3.05) is 0 Å². The van der Waals surface area contributed by atoms with Crippen molar-refractivity contribution in [3.05, 3.63) is 0 Å². The maximum absolute atomic E-state index is 11.8. The van der Waals surface area contributed by atoms with E-state index in [9.17, 15) is 19.8 Å². The Morgan fingerprint density at radius 1 is 0.909 bits per heavy atom. The van der Waals surface area contributed by atoms with Gasteiger partial charge in [-0.15, -0.1) is 0 Å². The van der Waals surface area contributed by atoms with Gasteiger partial charge in [0.1, 0.15) is 23.4 Å². The second kappa shape index (κ2) is 5.20. The van der Waals surface area contributed by atoms with Crippen LogP contribution in [0.5, 0.6) is 0 Å². The van der Waals surface area contributed by atoms with E-state index < -0.39 is 35.3 Å². The molecule has 0 radical (unpaired) electrons. The van der Waals surface area contributed by atoms with Crippen LogP contribution in [0.25, 0.3) is 0 Å². The fourth-order valence-electron chi connectivity index (χ4n) is 4.93. The second-order valence-electron chi connectivity index (χ2n) is 7.52. The third kappa shape index (κ3) is 2.74. The van der Waals surface area contributed by atoms with E-state index in [1.165, 1.54) is 13.8 Å². The first-order valence-corrected chi connectivity index (χ1v) is 8.04. The predicted molar refractivity (Wildman–Crippen MR) is 75.7 cm³/mol. The van der Waals surface area contributed by atoms with Gasteiger partial charge in [-0.25, -0.2) is 9.59 Å². The molecule has 2 unspecified atom stereocenters. The lowest BCUT2D eigenvalue weighted by Crippen LogP contribution is -2.62. The molecule has 4 saturated carbocycles. The lowest BCUT2D eigenvalue weighted by atomic mass is 9.52. The number of carbonyl (C=O) groups excluding carboxylic acids is 2. The number of esters is 2. The summed E-state index contributed by atoms with van der Waals surface area (Å²) < 4.78 is 11.3. The minimum absolute atomic E-state index is 0.366. The van der Waals surface area contributed by atoms with Gasteiger partial charge in [0.15, 0.2) is 0 Å². The van der Waals surface area contributed by atoms with Crippen LogP contribution in [0.2, 0.25) is 0 Å². The number of ether oxygens (including phenoxy) is 2. The zero-order valence-electron chi connectivity index (χ0n) is 13.1. The molecule has 0 aliphatic heterocycles. The van der Waals surface area contributed by atoms with E-state index in [2.05, 4.69) is 0 Å². The first-order chi connectivity index (χ1) is 10.2. The quantitative estimate of drug-likeness (QED) is 0.750. The van der Waals surface area contributed by atoms with E-state index >= 15 is 0 Å².